The van der Waals surface area contributed by atoms with E-state index in [9.17, 15) is 22.8 Å². The molecule has 1 fully saturated rings. The van der Waals surface area contributed by atoms with Crippen LogP contribution in [0.4, 0.5) is 18.9 Å². The Kier molecular flexibility index (Phi) is 7.00. The normalized spacial score (nSPS) is 14.5. The Morgan fingerprint density at radius 3 is 2.53 bits per heavy atom. The van der Waals surface area contributed by atoms with Gasteiger partial charge in [0.05, 0.1) is 29.9 Å². The third-order valence-corrected chi connectivity index (χ3v) is 6.50. The lowest BCUT2D eigenvalue weighted by Gasteiger charge is -2.26. The molecule has 0 atom stereocenters. The highest BCUT2D eigenvalue weighted by Crippen LogP contribution is 2.32. The number of alkyl halides is 3. The minimum absolute atomic E-state index is 0.0582. The molecule has 1 aliphatic heterocycles. The van der Waals surface area contributed by atoms with Gasteiger partial charge in [-0.05, 0) is 42.0 Å². The average molecular weight is 523 g/mol. The number of morpholine rings is 1. The molecule has 0 unspecified atom stereocenters. The van der Waals surface area contributed by atoms with Gasteiger partial charge in [0, 0.05) is 37.8 Å². The monoisotopic (exact) mass is 522 g/mol. The van der Waals surface area contributed by atoms with Crippen LogP contribution < -0.4 is 10.9 Å². The summed E-state index contributed by atoms with van der Waals surface area (Å²) in [5, 5.41) is 3.07. The van der Waals surface area contributed by atoms with E-state index in [1.165, 1.54) is 23.7 Å². The molecule has 1 amide bonds. The van der Waals surface area contributed by atoms with Crippen LogP contribution in [0.1, 0.15) is 21.5 Å². The van der Waals surface area contributed by atoms with E-state index in [1.807, 2.05) is 18.2 Å². The third kappa shape index (κ3) is 5.32. The zero-order valence-corrected chi connectivity index (χ0v) is 20.6. The van der Waals surface area contributed by atoms with E-state index in [0.29, 0.717) is 25.3 Å². The number of anilines is 1. The summed E-state index contributed by atoms with van der Waals surface area (Å²) in [5.74, 6) is -0.327. The Morgan fingerprint density at radius 2 is 1.76 bits per heavy atom. The summed E-state index contributed by atoms with van der Waals surface area (Å²) < 4.78 is 46.5. The van der Waals surface area contributed by atoms with Crippen molar-refractivity contribution in [3.8, 4) is 11.4 Å². The van der Waals surface area contributed by atoms with Crippen molar-refractivity contribution in [1.29, 1.82) is 0 Å². The number of hydrogen-bond acceptors (Lipinski definition) is 5. The molecule has 10 heteroatoms. The number of para-hydroxylation sites is 1. The Morgan fingerprint density at radius 1 is 1.03 bits per heavy atom. The van der Waals surface area contributed by atoms with Gasteiger partial charge in [-0.3, -0.25) is 19.1 Å². The number of aromatic nitrogens is 2. The molecule has 0 spiro atoms. The topological polar surface area (TPSA) is 76.5 Å². The van der Waals surface area contributed by atoms with Crippen LogP contribution in [0.15, 0.2) is 71.5 Å². The van der Waals surface area contributed by atoms with Crippen molar-refractivity contribution in [3.63, 3.8) is 0 Å². The maximum atomic E-state index is 13.3. The molecule has 3 aromatic carbocycles. The van der Waals surface area contributed by atoms with Crippen LogP contribution in [0.2, 0.25) is 0 Å². The molecule has 5 rings (SSSR count). The predicted octanol–water partition coefficient (Wildman–Crippen LogP) is 4.70. The molecular formula is C28H25F3N4O3. The lowest BCUT2D eigenvalue weighted by Crippen LogP contribution is -2.35. The largest absolute Gasteiger partial charge is 0.416 e. The predicted molar refractivity (Wildman–Crippen MR) is 138 cm³/mol. The third-order valence-electron chi connectivity index (χ3n) is 6.50. The number of benzene rings is 3. The van der Waals surface area contributed by atoms with Gasteiger partial charge in [0.15, 0.2) is 0 Å². The number of fused-ring (bicyclic) bond motifs is 1. The van der Waals surface area contributed by atoms with Crippen LogP contribution in [-0.2, 0) is 24.5 Å². The molecule has 1 N–H and O–H groups in total. The van der Waals surface area contributed by atoms with Gasteiger partial charge in [0.25, 0.3) is 11.5 Å². The molecule has 0 saturated carbocycles. The van der Waals surface area contributed by atoms with E-state index in [4.69, 9.17) is 4.74 Å². The SMILES string of the molecule is Cn1c(-c2cccc(C(F)(F)F)c2)nc2c(NC(=O)c3cccc(CN4CCOCC4)c3)cccc2c1=O. The first-order valence-electron chi connectivity index (χ1n) is 12.1. The van der Waals surface area contributed by atoms with E-state index < -0.39 is 17.3 Å². The Labute approximate surface area is 216 Å². The first-order chi connectivity index (χ1) is 18.2. The van der Waals surface area contributed by atoms with E-state index in [1.54, 1.807) is 24.3 Å². The standard InChI is InChI=1S/C28H25F3N4O3/c1-34-25(19-6-3-8-21(16-19)28(29,30)31)33-24-22(27(34)37)9-4-10-23(24)32-26(36)20-7-2-5-18(15-20)17-35-11-13-38-14-12-35/h2-10,15-16H,11-14,17H2,1H3,(H,32,36). The van der Waals surface area contributed by atoms with Crippen molar-refractivity contribution in [2.45, 2.75) is 12.7 Å². The summed E-state index contributed by atoms with van der Waals surface area (Å²) in [7, 11) is 1.45. The lowest BCUT2D eigenvalue weighted by molar-refractivity contribution is -0.137. The quantitative estimate of drug-likeness (QED) is 0.411. The summed E-state index contributed by atoms with van der Waals surface area (Å²) in [6.45, 7) is 3.69. The van der Waals surface area contributed by atoms with E-state index in [-0.39, 0.29) is 33.9 Å². The van der Waals surface area contributed by atoms with Gasteiger partial charge >= 0.3 is 6.18 Å². The van der Waals surface area contributed by atoms with Crippen molar-refractivity contribution in [3.05, 3.63) is 93.8 Å². The van der Waals surface area contributed by atoms with Gasteiger partial charge in [-0.25, -0.2) is 4.98 Å². The van der Waals surface area contributed by atoms with E-state index in [0.717, 1.165) is 30.8 Å². The Balaban J connectivity index is 1.48. The zero-order valence-electron chi connectivity index (χ0n) is 20.6. The minimum atomic E-state index is -4.54. The summed E-state index contributed by atoms with van der Waals surface area (Å²) in [6, 6.07) is 16.7. The number of hydrogen-bond donors (Lipinski definition) is 1. The van der Waals surface area contributed by atoms with Crippen molar-refractivity contribution in [2.24, 2.45) is 7.05 Å². The van der Waals surface area contributed by atoms with Crippen molar-refractivity contribution in [1.82, 2.24) is 14.5 Å². The van der Waals surface area contributed by atoms with Gasteiger partial charge in [0.1, 0.15) is 11.3 Å². The number of ether oxygens (including phenoxy) is 1. The first kappa shape index (κ1) is 25.6. The molecule has 196 valence electrons. The number of carbonyl (C=O) groups excluding carboxylic acids is 1. The van der Waals surface area contributed by atoms with Crippen LogP contribution in [0.3, 0.4) is 0 Å². The van der Waals surface area contributed by atoms with Gasteiger partial charge in [-0.15, -0.1) is 0 Å². The van der Waals surface area contributed by atoms with Crippen LogP contribution in [0.25, 0.3) is 22.3 Å². The molecular weight excluding hydrogens is 497 g/mol. The smallest absolute Gasteiger partial charge is 0.379 e. The molecule has 1 saturated heterocycles. The summed E-state index contributed by atoms with van der Waals surface area (Å²) in [4.78, 5) is 33.1. The fourth-order valence-corrected chi connectivity index (χ4v) is 4.51. The van der Waals surface area contributed by atoms with E-state index in [2.05, 4.69) is 15.2 Å². The lowest BCUT2D eigenvalue weighted by atomic mass is 10.1. The Hall–Kier alpha value is -4.02. The second kappa shape index (κ2) is 10.4. The minimum Gasteiger partial charge on any atom is -0.379 e. The Bertz CT molecular complexity index is 1560. The fraction of sp³-hybridized carbons (Fsp3) is 0.250. The van der Waals surface area contributed by atoms with Gasteiger partial charge < -0.3 is 10.1 Å². The fourth-order valence-electron chi connectivity index (χ4n) is 4.51. The highest BCUT2D eigenvalue weighted by Gasteiger charge is 2.31. The molecule has 7 nitrogen and oxygen atoms in total. The summed E-state index contributed by atoms with van der Waals surface area (Å²) >= 11 is 0. The molecule has 1 aromatic heterocycles. The molecule has 0 aliphatic carbocycles. The van der Waals surface area contributed by atoms with Gasteiger partial charge in [-0.1, -0.05) is 30.3 Å². The zero-order chi connectivity index (χ0) is 26.9. The van der Waals surface area contributed by atoms with Crippen LogP contribution >= 0.6 is 0 Å². The number of carbonyl (C=O) groups is 1. The number of rotatable bonds is 5. The van der Waals surface area contributed by atoms with Crippen molar-refractivity contribution < 1.29 is 22.7 Å². The van der Waals surface area contributed by atoms with Crippen LogP contribution in [0, 0.1) is 0 Å². The number of halogens is 3. The molecule has 0 radical (unpaired) electrons. The van der Waals surface area contributed by atoms with Gasteiger partial charge in [0.2, 0.25) is 0 Å². The molecule has 4 aromatic rings. The highest BCUT2D eigenvalue weighted by molar-refractivity contribution is 6.08. The second-order valence-electron chi connectivity index (χ2n) is 9.12. The maximum absolute atomic E-state index is 13.3. The number of nitrogens with zero attached hydrogens (tertiary/aromatic N) is 3. The van der Waals surface area contributed by atoms with Crippen LogP contribution in [0.5, 0.6) is 0 Å². The summed E-state index contributed by atoms with van der Waals surface area (Å²) in [5.41, 5.74) is 0.760. The molecule has 2 heterocycles. The number of nitrogens with one attached hydrogen (secondary N) is 1. The highest BCUT2D eigenvalue weighted by atomic mass is 19.4. The average Bonchev–Trinajstić information content (AvgIpc) is 2.91. The van der Waals surface area contributed by atoms with Crippen molar-refractivity contribution in [2.75, 3.05) is 31.6 Å². The van der Waals surface area contributed by atoms with E-state index >= 15 is 0 Å². The molecule has 38 heavy (non-hydrogen) atoms. The molecule has 1 aliphatic rings. The van der Waals surface area contributed by atoms with Crippen LogP contribution in [-0.4, -0.2) is 46.7 Å². The maximum Gasteiger partial charge on any atom is 0.416 e. The molecule has 0 bridgehead atoms. The number of amides is 1. The second-order valence-corrected chi connectivity index (χ2v) is 9.12. The first-order valence-corrected chi connectivity index (χ1v) is 12.1. The van der Waals surface area contributed by atoms with Gasteiger partial charge in [-0.2, -0.15) is 13.2 Å². The van der Waals surface area contributed by atoms with Crippen molar-refractivity contribution >= 4 is 22.5 Å². The summed E-state index contributed by atoms with van der Waals surface area (Å²) in [6.07, 6.45) is -4.54.